The largest absolute Gasteiger partial charge is 0.496 e. The zero-order valence-corrected chi connectivity index (χ0v) is 22.4. The molecule has 7 rings (SSSR count). The lowest BCUT2D eigenvalue weighted by molar-refractivity contribution is 0.396. The van der Waals surface area contributed by atoms with Crippen LogP contribution >= 0.6 is 0 Å². The number of methoxy groups -OCH3 is 2. The highest BCUT2D eigenvalue weighted by Crippen LogP contribution is 2.51. The van der Waals surface area contributed by atoms with E-state index in [1.807, 2.05) is 6.07 Å². The number of ether oxygens (including phenoxy) is 2. The SMILES string of the molecule is C#Cc1c(-c2c3ccccc3cc3ccccc23)c(OC)cc(OC)c1-c1c2ccccc2cc2ccccc12. The second-order valence-corrected chi connectivity index (χ2v) is 9.94. The Morgan fingerprint density at radius 3 is 1.07 bits per heavy atom. The number of benzene rings is 7. The van der Waals surface area contributed by atoms with E-state index in [-0.39, 0.29) is 0 Å². The Morgan fingerprint density at radius 1 is 0.450 bits per heavy atom. The summed E-state index contributed by atoms with van der Waals surface area (Å²) >= 11 is 0. The second-order valence-electron chi connectivity index (χ2n) is 9.94. The quantitative estimate of drug-likeness (QED) is 0.172. The van der Waals surface area contributed by atoms with Crippen LogP contribution in [0.3, 0.4) is 0 Å². The number of fused-ring (bicyclic) bond motifs is 4. The predicted octanol–water partition coefficient (Wildman–Crippen LogP) is 9.63. The van der Waals surface area contributed by atoms with Gasteiger partial charge in [0.25, 0.3) is 0 Å². The van der Waals surface area contributed by atoms with Crippen molar-refractivity contribution in [1.82, 2.24) is 0 Å². The molecule has 0 unspecified atom stereocenters. The zero-order valence-electron chi connectivity index (χ0n) is 22.4. The first kappa shape index (κ1) is 23.8. The van der Waals surface area contributed by atoms with Gasteiger partial charge in [-0.15, -0.1) is 6.42 Å². The van der Waals surface area contributed by atoms with Gasteiger partial charge in [0, 0.05) is 33.9 Å². The van der Waals surface area contributed by atoms with Gasteiger partial charge in [-0.1, -0.05) is 103 Å². The van der Waals surface area contributed by atoms with Gasteiger partial charge in [-0.2, -0.15) is 0 Å². The fraction of sp³-hybridized carbons (Fsp3) is 0.0526. The Kier molecular flexibility index (Phi) is 5.65. The molecule has 0 aromatic heterocycles. The maximum absolute atomic E-state index is 6.49. The van der Waals surface area contributed by atoms with Crippen molar-refractivity contribution in [3.63, 3.8) is 0 Å². The van der Waals surface area contributed by atoms with E-state index in [2.05, 4.69) is 115 Å². The molecule has 0 saturated carbocycles. The topological polar surface area (TPSA) is 18.5 Å². The van der Waals surface area contributed by atoms with Crippen LogP contribution in [0.2, 0.25) is 0 Å². The molecule has 0 fully saturated rings. The number of terminal acetylenes is 1. The summed E-state index contributed by atoms with van der Waals surface area (Å²) in [5.74, 6) is 4.47. The molecule has 0 aliphatic heterocycles. The Balaban J connectivity index is 1.73. The van der Waals surface area contributed by atoms with Crippen LogP contribution in [0.15, 0.2) is 115 Å². The summed E-state index contributed by atoms with van der Waals surface area (Å²) in [5, 5.41) is 9.07. The van der Waals surface area contributed by atoms with Crippen molar-refractivity contribution in [2.45, 2.75) is 0 Å². The molecule has 0 saturated heterocycles. The van der Waals surface area contributed by atoms with Crippen LogP contribution in [0, 0.1) is 12.3 Å². The van der Waals surface area contributed by atoms with Crippen LogP contribution in [0.4, 0.5) is 0 Å². The van der Waals surface area contributed by atoms with Gasteiger partial charge in [0.2, 0.25) is 0 Å². The van der Waals surface area contributed by atoms with Crippen LogP contribution in [0.1, 0.15) is 5.56 Å². The Bertz CT molecular complexity index is 1890. The first-order chi connectivity index (χ1) is 19.7. The van der Waals surface area contributed by atoms with Gasteiger partial charge in [0.1, 0.15) is 11.5 Å². The van der Waals surface area contributed by atoms with Gasteiger partial charge < -0.3 is 9.47 Å². The third-order valence-corrected chi connectivity index (χ3v) is 7.88. The third-order valence-electron chi connectivity index (χ3n) is 7.88. The van der Waals surface area contributed by atoms with Crippen molar-refractivity contribution >= 4 is 43.1 Å². The summed E-state index contributed by atoms with van der Waals surface area (Å²) < 4.78 is 12.1. The van der Waals surface area contributed by atoms with Crippen molar-refractivity contribution in [1.29, 1.82) is 0 Å². The molecule has 7 aromatic rings. The molecule has 2 heteroatoms. The van der Waals surface area contributed by atoms with Crippen molar-refractivity contribution < 1.29 is 9.47 Å². The minimum absolute atomic E-state index is 0.680. The normalized spacial score (nSPS) is 11.2. The highest BCUT2D eigenvalue weighted by Gasteiger charge is 2.26. The zero-order chi connectivity index (χ0) is 27.2. The highest BCUT2D eigenvalue weighted by atomic mass is 16.5. The smallest absolute Gasteiger partial charge is 0.131 e. The van der Waals surface area contributed by atoms with E-state index in [0.717, 1.165) is 70.9 Å². The van der Waals surface area contributed by atoms with Crippen LogP contribution in [0.25, 0.3) is 65.3 Å². The standard InChI is InChI=1S/C38H26O2/c1-4-28-37(35-29-17-9-5-13-24(29)21-25-14-6-10-18-30(25)35)33(39-2)23-34(40-3)38(28)36-31-19-11-7-15-26(31)22-27-16-8-12-20-32(27)36/h1,5-23H,2-3H3. The highest BCUT2D eigenvalue weighted by molar-refractivity contribution is 6.18. The van der Waals surface area contributed by atoms with E-state index in [1.54, 1.807) is 14.2 Å². The molecule has 0 radical (unpaired) electrons. The summed E-state index contributed by atoms with van der Waals surface area (Å²) in [4.78, 5) is 0. The predicted molar refractivity (Wildman–Crippen MR) is 168 cm³/mol. The average molecular weight is 515 g/mol. The monoisotopic (exact) mass is 514 g/mol. The summed E-state index contributed by atoms with van der Waals surface area (Å²) in [5.41, 5.74) is 4.66. The van der Waals surface area contributed by atoms with Crippen LogP contribution in [-0.4, -0.2) is 14.2 Å². The van der Waals surface area contributed by atoms with Crippen LogP contribution < -0.4 is 9.47 Å². The molecule has 0 N–H and O–H groups in total. The molecule has 40 heavy (non-hydrogen) atoms. The Hall–Kier alpha value is -5.26. The molecule has 0 aliphatic carbocycles. The first-order valence-electron chi connectivity index (χ1n) is 13.3. The fourth-order valence-electron chi connectivity index (χ4n) is 6.16. The van der Waals surface area contributed by atoms with Crippen molar-refractivity contribution in [3.8, 4) is 46.1 Å². The van der Waals surface area contributed by atoms with Crippen molar-refractivity contribution in [3.05, 3.63) is 121 Å². The molecule has 0 atom stereocenters. The maximum atomic E-state index is 6.49. The molecule has 2 nitrogen and oxygen atoms in total. The molecule has 7 aromatic carbocycles. The molecule has 190 valence electrons. The summed E-state index contributed by atoms with van der Waals surface area (Å²) in [6, 6.07) is 40.3. The molecule has 0 aliphatic rings. The van der Waals surface area contributed by atoms with Crippen LogP contribution in [0.5, 0.6) is 11.5 Å². The van der Waals surface area contributed by atoms with E-state index in [1.165, 1.54) is 0 Å². The summed E-state index contributed by atoms with van der Waals surface area (Å²) in [6.07, 6.45) is 6.49. The minimum Gasteiger partial charge on any atom is -0.496 e. The second kappa shape index (κ2) is 9.49. The number of hydrogen-bond acceptors (Lipinski definition) is 2. The molecular weight excluding hydrogens is 488 g/mol. The lowest BCUT2D eigenvalue weighted by Gasteiger charge is -2.23. The van der Waals surface area contributed by atoms with Gasteiger partial charge in [0.05, 0.1) is 14.2 Å². The maximum Gasteiger partial charge on any atom is 0.131 e. The fourth-order valence-corrected chi connectivity index (χ4v) is 6.16. The van der Waals surface area contributed by atoms with Crippen LogP contribution in [-0.2, 0) is 0 Å². The first-order valence-corrected chi connectivity index (χ1v) is 13.3. The number of rotatable bonds is 4. The number of hydrogen-bond donors (Lipinski definition) is 0. The molecule has 0 amide bonds. The van der Waals surface area contributed by atoms with E-state index >= 15 is 0 Å². The average Bonchev–Trinajstić information content (AvgIpc) is 3.01. The van der Waals surface area contributed by atoms with E-state index in [9.17, 15) is 0 Å². The lowest BCUT2D eigenvalue weighted by atomic mass is 9.83. The Morgan fingerprint density at radius 2 is 0.775 bits per heavy atom. The molecule has 0 spiro atoms. The van der Waals surface area contributed by atoms with E-state index in [4.69, 9.17) is 15.9 Å². The van der Waals surface area contributed by atoms with E-state index < -0.39 is 0 Å². The van der Waals surface area contributed by atoms with Gasteiger partial charge in [-0.3, -0.25) is 0 Å². The third kappa shape index (κ3) is 3.52. The van der Waals surface area contributed by atoms with E-state index in [0.29, 0.717) is 11.5 Å². The van der Waals surface area contributed by atoms with Gasteiger partial charge in [-0.05, 0) is 55.2 Å². The Labute approximate surface area is 233 Å². The van der Waals surface area contributed by atoms with Gasteiger partial charge in [-0.25, -0.2) is 0 Å². The van der Waals surface area contributed by atoms with Gasteiger partial charge in [0.15, 0.2) is 0 Å². The molecule has 0 bridgehead atoms. The minimum atomic E-state index is 0.680. The molecule has 0 heterocycles. The molecular formula is C38H26O2. The van der Waals surface area contributed by atoms with Gasteiger partial charge >= 0.3 is 0 Å². The van der Waals surface area contributed by atoms with Crippen molar-refractivity contribution in [2.24, 2.45) is 0 Å². The summed E-state index contributed by atoms with van der Waals surface area (Å²) in [7, 11) is 3.39. The van der Waals surface area contributed by atoms with Crippen molar-refractivity contribution in [2.75, 3.05) is 14.2 Å². The summed E-state index contributed by atoms with van der Waals surface area (Å²) in [6.45, 7) is 0. The lowest BCUT2D eigenvalue weighted by Crippen LogP contribution is -2.01.